The summed E-state index contributed by atoms with van der Waals surface area (Å²) < 4.78 is 12.3. The van der Waals surface area contributed by atoms with Gasteiger partial charge in [-0.05, 0) is 30.3 Å². The molecule has 0 fully saturated rings. The van der Waals surface area contributed by atoms with Gasteiger partial charge in [0.2, 0.25) is 0 Å². The molecular formula is C15H18N2O3. The summed E-state index contributed by atoms with van der Waals surface area (Å²) in [6.07, 6.45) is 3.92. The third kappa shape index (κ3) is 3.32. The van der Waals surface area contributed by atoms with Crippen LogP contribution in [0.3, 0.4) is 0 Å². The van der Waals surface area contributed by atoms with E-state index < -0.39 is 0 Å². The Balaban J connectivity index is 1.95. The quantitative estimate of drug-likeness (QED) is 0.875. The summed E-state index contributed by atoms with van der Waals surface area (Å²) in [5.74, 6) is 1.03. The lowest BCUT2D eigenvalue weighted by Crippen LogP contribution is -2.26. The number of methoxy groups -OCH3 is 2. The summed E-state index contributed by atoms with van der Waals surface area (Å²) in [6, 6.07) is 9.02. The number of amides is 1. The Morgan fingerprint density at radius 1 is 1.15 bits per heavy atom. The van der Waals surface area contributed by atoms with E-state index in [-0.39, 0.29) is 5.91 Å². The van der Waals surface area contributed by atoms with Gasteiger partial charge < -0.3 is 19.4 Å². The number of rotatable bonds is 6. The molecule has 0 spiro atoms. The summed E-state index contributed by atoms with van der Waals surface area (Å²) in [4.78, 5) is 12.0. The summed E-state index contributed by atoms with van der Waals surface area (Å²) in [5.41, 5.74) is 0.551. The maximum Gasteiger partial charge on any atom is 0.251 e. The minimum Gasteiger partial charge on any atom is -0.493 e. The number of hydrogen-bond donors (Lipinski definition) is 1. The van der Waals surface area contributed by atoms with Crippen LogP contribution in [0, 0.1) is 0 Å². The van der Waals surface area contributed by atoms with Gasteiger partial charge >= 0.3 is 0 Å². The average molecular weight is 274 g/mol. The first kappa shape index (κ1) is 14.0. The van der Waals surface area contributed by atoms with Crippen molar-refractivity contribution in [1.82, 2.24) is 9.88 Å². The van der Waals surface area contributed by atoms with Crippen molar-refractivity contribution in [3.63, 3.8) is 0 Å². The maximum atomic E-state index is 12.0. The topological polar surface area (TPSA) is 52.5 Å². The minimum atomic E-state index is -0.127. The molecule has 5 heteroatoms. The number of hydrogen-bond acceptors (Lipinski definition) is 3. The van der Waals surface area contributed by atoms with Crippen molar-refractivity contribution in [1.29, 1.82) is 0 Å². The minimum absolute atomic E-state index is 0.127. The Morgan fingerprint density at radius 2 is 1.85 bits per heavy atom. The first-order valence-electron chi connectivity index (χ1n) is 6.35. The first-order valence-corrected chi connectivity index (χ1v) is 6.35. The van der Waals surface area contributed by atoms with Crippen LogP contribution >= 0.6 is 0 Å². The molecule has 0 saturated heterocycles. The van der Waals surface area contributed by atoms with Crippen molar-refractivity contribution < 1.29 is 14.3 Å². The van der Waals surface area contributed by atoms with E-state index in [0.717, 1.165) is 6.54 Å². The van der Waals surface area contributed by atoms with Gasteiger partial charge in [-0.2, -0.15) is 0 Å². The van der Waals surface area contributed by atoms with Crippen LogP contribution in [0.2, 0.25) is 0 Å². The van der Waals surface area contributed by atoms with E-state index in [1.54, 1.807) is 32.4 Å². The molecule has 0 atom stereocenters. The molecule has 0 radical (unpaired) electrons. The molecule has 0 saturated carbocycles. The third-order valence-electron chi connectivity index (χ3n) is 2.97. The molecule has 1 N–H and O–H groups in total. The molecule has 0 aliphatic carbocycles. The molecule has 1 heterocycles. The number of nitrogens with one attached hydrogen (secondary N) is 1. The van der Waals surface area contributed by atoms with E-state index in [1.807, 2.05) is 29.1 Å². The van der Waals surface area contributed by atoms with Crippen LogP contribution in [0.1, 0.15) is 10.4 Å². The molecule has 106 valence electrons. The van der Waals surface area contributed by atoms with Crippen molar-refractivity contribution in [2.75, 3.05) is 20.8 Å². The van der Waals surface area contributed by atoms with Gasteiger partial charge in [0.25, 0.3) is 5.91 Å². The number of nitrogens with zero attached hydrogens (tertiary/aromatic N) is 1. The maximum absolute atomic E-state index is 12.0. The Morgan fingerprint density at radius 3 is 2.50 bits per heavy atom. The molecule has 2 rings (SSSR count). The summed E-state index contributed by atoms with van der Waals surface area (Å²) in [7, 11) is 3.11. The molecule has 1 aromatic carbocycles. The van der Waals surface area contributed by atoms with Crippen LogP contribution in [0.15, 0.2) is 42.7 Å². The van der Waals surface area contributed by atoms with Gasteiger partial charge in [-0.25, -0.2) is 0 Å². The van der Waals surface area contributed by atoms with E-state index in [1.165, 1.54) is 0 Å². The molecule has 5 nitrogen and oxygen atoms in total. The summed E-state index contributed by atoms with van der Waals surface area (Å²) in [6.45, 7) is 1.31. The highest BCUT2D eigenvalue weighted by molar-refractivity contribution is 5.94. The van der Waals surface area contributed by atoms with Gasteiger partial charge in [-0.15, -0.1) is 0 Å². The smallest absolute Gasteiger partial charge is 0.251 e. The molecular weight excluding hydrogens is 256 g/mol. The molecule has 0 bridgehead atoms. The lowest BCUT2D eigenvalue weighted by Gasteiger charge is -2.10. The van der Waals surface area contributed by atoms with Gasteiger partial charge in [0, 0.05) is 31.0 Å². The van der Waals surface area contributed by atoms with E-state index in [9.17, 15) is 4.79 Å². The van der Waals surface area contributed by atoms with Gasteiger partial charge in [0.1, 0.15) is 0 Å². The standard InChI is InChI=1S/C15H18N2O3/c1-19-13-6-5-12(11-14(13)20-2)15(18)16-7-10-17-8-3-4-9-17/h3-6,8-9,11H,7,10H2,1-2H3,(H,16,18). The second-order valence-corrected chi connectivity index (χ2v) is 4.25. The molecule has 1 aromatic heterocycles. The largest absolute Gasteiger partial charge is 0.493 e. The fourth-order valence-corrected chi connectivity index (χ4v) is 1.90. The predicted molar refractivity (Wildman–Crippen MR) is 76.3 cm³/mol. The predicted octanol–water partition coefficient (Wildman–Crippen LogP) is 1.94. The second kappa shape index (κ2) is 6.65. The molecule has 1 amide bonds. The Kier molecular flexibility index (Phi) is 4.65. The number of carbonyl (C=O) groups is 1. The van der Waals surface area contributed by atoms with Crippen molar-refractivity contribution in [2.45, 2.75) is 6.54 Å². The monoisotopic (exact) mass is 274 g/mol. The highest BCUT2D eigenvalue weighted by Gasteiger charge is 2.10. The van der Waals surface area contributed by atoms with Crippen LogP contribution in [0.25, 0.3) is 0 Å². The SMILES string of the molecule is COc1ccc(C(=O)NCCn2cccc2)cc1OC. The van der Waals surface area contributed by atoms with E-state index in [4.69, 9.17) is 9.47 Å². The zero-order chi connectivity index (χ0) is 14.4. The molecule has 0 aliphatic rings. The van der Waals surface area contributed by atoms with Crippen LogP contribution in [0.5, 0.6) is 11.5 Å². The fraction of sp³-hybridized carbons (Fsp3) is 0.267. The fourth-order valence-electron chi connectivity index (χ4n) is 1.90. The lowest BCUT2D eigenvalue weighted by atomic mass is 10.2. The number of ether oxygens (including phenoxy) is 2. The van der Waals surface area contributed by atoms with Crippen molar-refractivity contribution in [2.24, 2.45) is 0 Å². The highest BCUT2D eigenvalue weighted by Crippen LogP contribution is 2.27. The Labute approximate surface area is 118 Å². The van der Waals surface area contributed by atoms with Crippen molar-refractivity contribution in [3.8, 4) is 11.5 Å². The normalized spacial score (nSPS) is 10.1. The first-order chi connectivity index (χ1) is 9.74. The summed E-state index contributed by atoms with van der Waals surface area (Å²) >= 11 is 0. The number of benzene rings is 1. The van der Waals surface area contributed by atoms with E-state index in [2.05, 4.69) is 5.32 Å². The van der Waals surface area contributed by atoms with Crippen molar-refractivity contribution in [3.05, 3.63) is 48.3 Å². The van der Waals surface area contributed by atoms with Crippen LogP contribution in [-0.2, 0) is 6.54 Å². The van der Waals surface area contributed by atoms with Crippen LogP contribution < -0.4 is 14.8 Å². The van der Waals surface area contributed by atoms with E-state index >= 15 is 0 Å². The van der Waals surface area contributed by atoms with Crippen LogP contribution in [-0.4, -0.2) is 31.2 Å². The Hall–Kier alpha value is -2.43. The van der Waals surface area contributed by atoms with Gasteiger partial charge in [-0.3, -0.25) is 4.79 Å². The van der Waals surface area contributed by atoms with Crippen molar-refractivity contribution >= 4 is 5.91 Å². The average Bonchev–Trinajstić information content (AvgIpc) is 2.99. The molecule has 0 unspecified atom stereocenters. The number of aromatic nitrogens is 1. The van der Waals surface area contributed by atoms with Gasteiger partial charge in [0.05, 0.1) is 14.2 Å². The van der Waals surface area contributed by atoms with Gasteiger partial charge in [-0.1, -0.05) is 0 Å². The van der Waals surface area contributed by atoms with Crippen LogP contribution in [0.4, 0.5) is 0 Å². The molecule has 0 aliphatic heterocycles. The lowest BCUT2D eigenvalue weighted by molar-refractivity contribution is 0.0952. The number of carbonyl (C=O) groups excluding carboxylic acids is 1. The second-order valence-electron chi connectivity index (χ2n) is 4.25. The zero-order valence-corrected chi connectivity index (χ0v) is 11.6. The Bertz CT molecular complexity index is 565. The molecule has 20 heavy (non-hydrogen) atoms. The zero-order valence-electron chi connectivity index (χ0n) is 11.6. The van der Waals surface area contributed by atoms with E-state index in [0.29, 0.717) is 23.6 Å². The van der Waals surface area contributed by atoms with Gasteiger partial charge in [0.15, 0.2) is 11.5 Å². The molecule has 2 aromatic rings. The highest BCUT2D eigenvalue weighted by atomic mass is 16.5. The summed E-state index contributed by atoms with van der Waals surface area (Å²) in [5, 5.41) is 2.87. The third-order valence-corrected chi connectivity index (χ3v) is 2.97.